The van der Waals surface area contributed by atoms with Crippen molar-refractivity contribution in [1.82, 2.24) is 19.4 Å². The summed E-state index contributed by atoms with van der Waals surface area (Å²) in [4.78, 5) is 25.7. The van der Waals surface area contributed by atoms with E-state index in [1.165, 1.54) is 12.4 Å². The van der Waals surface area contributed by atoms with Crippen LogP contribution >= 0.6 is 0 Å². The lowest BCUT2D eigenvalue weighted by molar-refractivity contribution is -0.141. The molecule has 6 rings (SSSR count). The van der Waals surface area contributed by atoms with E-state index < -0.39 is 23.3 Å². The second-order valence-corrected chi connectivity index (χ2v) is 10.8. The van der Waals surface area contributed by atoms with Crippen LogP contribution in [0.25, 0.3) is 16.7 Å². The number of halogens is 4. The second kappa shape index (κ2) is 8.43. The second-order valence-electron chi connectivity index (χ2n) is 10.8. The van der Waals surface area contributed by atoms with Gasteiger partial charge in [-0.25, -0.2) is 14.4 Å². The Morgan fingerprint density at radius 3 is 2.49 bits per heavy atom. The molecule has 2 saturated carbocycles. The molecule has 1 amide bonds. The zero-order valence-corrected chi connectivity index (χ0v) is 20.8. The van der Waals surface area contributed by atoms with Crippen LogP contribution in [-0.4, -0.2) is 56.2 Å². The molecular weight excluding hydrogens is 486 g/mol. The Morgan fingerprint density at radius 2 is 1.84 bits per heavy atom. The van der Waals surface area contributed by atoms with E-state index in [1.54, 1.807) is 15.5 Å². The minimum absolute atomic E-state index is 0.119. The highest BCUT2D eigenvalue weighted by atomic mass is 19.4. The molecule has 1 saturated heterocycles. The van der Waals surface area contributed by atoms with Crippen LogP contribution in [-0.2, 0) is 11.0 Å². The Bertz CT molecular complexity index is 1360. The van der Waals surface area contributed by atoms with Crippen LogP contribution in [0.2, 0.25) is 0 Å². The van der Waals surface area contributed by atoms with Gasteiger partial charge in [-0.05, 0) is 69.2 Å². The molecule has 2 aliphatic carbocycles. The van der Waals surface area contributed by atoms with E-state index in [0.717, 1.165) is 42.3 Å². The van der Waals surface area contributed by atoms with Crippen molar-refractivity contribution in [2.75, 3.05) is 18.0 Å². The summed E-state index contributed by atoms with van der Waals surface area (Å²) in [6, 6.07) is 4.94. The lowest BCUT2D eigenvalue weighted by Gasteiger charge is -2.45. The largest absolute Gasteiger partial charge is 0.416 e. The predicted molar refractivity (Wildman–Crippen MR) is 132 cm³/mol. The van der Waals surface area contributed by atoms with Gasteiger partial charge in [0.05, 0.1) is 10.9 Å². The molecule has 1 aromatic carbocycles. The van der Waals surface area contributed by atoms with Gasteiger partial charge in [-0.15, -0.1) is 0 Å². The van der Waals surface area contributed by atoms with Gasteiger partial charge in [0.1, 0.15) is 17.8 Å². The Kier molecular flexibility index (Phi) is 5.51. The summed E-state index contributed by atoms with van der Waals surface area (Å²) < 4.78 is 56.7. The van der Waals surface area contributed by atoms with Crippen LogP contribution < -0.4 is 4.90 Å². The van der Waals surface area contributed by atoms with Gasteiger partial charge in [0.15, 0.2) is 5.67 Å². The third-order valence-electron chi connectivity index (χ3n) is 8.18. The fourth-order valence-corrected chi connectivity index (χ4v) is 5.63. The van der Waals surface area contributed by atoms with Crippen LogP contribution in [0.5, 0.6) is 0 Å². The maximum atomic E-state index is 14.6. The molecule has 0 N–H and O–H groups in total. The van der Waals surface area contributed by atoms with Crippen LogP contribution in [0.15, 0.2) is 36.8 Å². The number of rotatable bonds is 4. The van der Waals surface area contributed by atoms with Crippen molar-refractivity contribution in [3.05, 3.63) is 47.9 Å². The Morgan fingerprint density at radius 1 is 1.08 bits per heavy atom. The number of piperazine rings is 1. The van der Waals surface area contributed by atoms with E-state index in [4.69, 9.17) is 0 Å². The van der Waals surface area contributed by atoms with Gasteiger partial charge in [0.2, 0.25) is 0 Å². The molecule has 196 valence electrons. The lowest BCUT2D eigenvalue weighted by Crippen LogP contribution is -2.60. The SMILES string of the molecule is C[C@@H]1CN(c2ncnc3c2c(C2CCC2)cn3-c2cccc(C(F)(F)F)c2)[C@@H](C)CN1C(=O)C1(F)CC1. The summed E-state index contributed by atoms with van der Waals surface area (Å²) in [5.41, 5.74) is -0.434. The van der Waals surface area contributed by atoms with E-state index in [2.05, 4.69) is 14.9 Å². The Labute approximate surface area is 212 Å². The van der Waals surface area contributed by atoms with Crippen molar-refractivity contribution < 1.29 is 22.4 Å². The summed E-state index contributed by atoms with van der Waals surface area (Å²) in [7, 11) is 0. The fourth-order valence-electron chi connectivity index (χ4n) is 5.63. The zero-order chi connectivity index (χ0) is 26.1. The highest BCUT2D eigenvalue weighted by molar-refractivity contribution is 5.94. The molecule has 0 bridgehead atoms. The van der Waals surface area contributed by atoms with Crippen LogP contribution in [0.3, 0.4) is 0 Å². The maximum Gasteiger partial charge on any atom is 0.416 e. The minimum Gasteiger partial charge on any atom is -0.349 e. The number of carbonyl (C=O) groups is 1. The van der Waals surface area contributed by atoms with Crippen molar-refractivity contribution in [2.24, 2.45) is 0 Å². The van der Waals surface area contributed by atoms with Gasteiger partial charge in [-0.3, -0.25) is 4.79 Å². The third kappa shape index (κ3) is 4.05. The Hall–Kier alpha value is -3.17. The molecule has 3 heterocycles. The van der Waals surface area contributed by atoms with Crippen LogP contribution in [0, 0.1) is 0 Å². The average molecular weight is 516 g/mol. The number of carbonyl (C=O) groups excluding carboxylic acids is 1. The molecule has 3 aromatic rings. The van der Waals surface area contributed by atoms with E-state index in [0.29, 0.717) is 30.2 Å². The third-order valence-corrected chi connectivity index (χ3v) is 8.18. The van der Waals surface area contributed by atoms with Crippen molar-refractivity contribution in [1.29, 1.82) is 0 Å². The van der Waals surface area contributed by atoms with E-state index in [9.17, 15) is 22.4 Å². The van der Waals surface area contributed by atoms with Gasteiger partial charge in [-0.1, -0.05) is 12.5 Å². The maximum absolute atomic E-state index is 14.6. The van der Waals surface area contributed by atoms with Crippen LogP contribution in [0.1, 0.15) is 63.0 Å². The fraction of sp³-hybridized carbons (Fsp3) is 0.519. The number of aromatic nitrogens is 3. The number of hydrogen-bond acceptors (Lipinski definition) is 4. The van der Waals surface area contributed by atoms with Crippen molar-refractivity contribution >= 4 is 22.8 Å². The van der Waals surface area contributed by atoms with E-state index >= 15 is 0 Å². The first kappa shape index (κ1) is 24.2. The number of hydrogen-bond donors (Lipinski definition) is 0. The van der Waals surface area contributed by atoms with Crippen LogP contribution in [0.4, 0.5) is 23.4 Å². The van der Waals surface area contributed by atoms with E-state index in [1.807, 2.05) is 20.0 Å². The van der Waals surface area contributed by atoms with Gasteiger partial charge >= 0.3 is 6.18 Å². The summed E-state index contributed by atoms with van der Waals surface area (Å²) in [6.45, 7) is 4.77. The summed E-state index contributed by atoms with van der Waals surface area (Å²) in [6.07, 6.45) is 2.59. The number of fused-ring (bicyclic) bond motifs is 1. The van der Waals surface area contributed by atoms with Gasteiger partial charge in [-0.2, -0.15) is 13.2 Å². The minimum atomic E-state index is -4.45. The molecule has 6 nitrogen and oxygen atoms in total. The number of nitrogens with zero attached hydrogens (tertiary/aromatic N) is 5. The molecule has 3 aliphatic rings. The first-order valence-corrected chi connectivity index (χ1v) is 12.9. The molecule has 0 spiro atoms. The summed E-state index contributed by atoms with van der Waals surface area (Å²) >= 11 is 0. The van der Waals surface area contributed by atoms with E-state index in [-0.39, 0.29) is 30.8 Å². The summed E-state index contributed by atoms with van der Waals surface area (Å²) in [5, 5.41) is 0.840. The number of amides is 1. The highest BCUT2D eigenvalue weighted by Gasteiger charge is 2.54. The average Bonchev–Trinajstić information content (AvgIpc) is 3.48. The molecule has 2 aromatic heterocycles. The quantitative estimate of drug-likeness (QED) is 0.423. The first-order chi connectivity index (χ1) is 17.6. The molecule has 37 heavy (non-hydrogen) atoms. The molecular formula is C27H29F4N5O. The Balaban J connectivity index is 1.42. The first-order valence-electron chi connectivity index (χ1n) is 12.9. The van der Waals surface area contributed by atoms with Crippen molar-refractivity contribution in [3.8, 4) is 5.69 Å². The van der Waals surface area contributed by atoms with Gasteiger partial charge in [0.25, 0.3) is 5.91 Å². The summed E-state index contributed by atoms with van der Waals surface area (Å²) in [5.74, 6) is 0.576. The highest BCUT2D eigenvalue weighted by Crippen LogP contribution is 2.45. The monoisotopic (exact) mass is 515 g/mol. The van der Waals surface area contributed by atoms with Gasteiger partial charge in [0, 0.05) is 37.1 Å². The zero-order valence-electron chi connectivity index (χ0n) is 20.8. The molecule has 10 heteroatoms. The topological polar surface area (TPSA) is 54.3 Å². The predicted octanol–water partition coefficient (Wildman–Crippen LogP) is 5.63. The molecule has 1 aliphatic heterocycles. The number of benzene rings is 1. The standard InChI is InChI=1S/C27H29F4N5O/c1-16-13-35(25(37)26(28)9-10-26)17(2)12-34(16)23-22-21(18-5-3-6-18)14-36(24(22)33-15-32-23)20-8-4-7-19(11-20)27(29,30)31/h4,7-8,11,14-18H,3,5-6,9-10,12-13H2,1-2H3/t16-,17+/m0/s1. The molecule has 3 fully saturated rings. The number of alkyl halides is 4. The smallest absolute Gasteiger partial charge is 0.349 e. The number of anilines is 1. The lowest BCUT2D eigenvalue weighted by atomic mass is 9.80. The van der Waals surface area contributed by atoms with Crippen molar-refractivity contribution in [2.45, 2.75) is 75.8 Å². The van der Waals surface area contributed by atoms with Crippen molar-refractivity contribution in [3.63, 3.8) is 0 Å². The molecule has 0 unspecified atom stereocenters. The molecule has 0 radical (unpaired) electrons. The van der Waals surface area contributed by atoms with Gasteiger partial charge < -0.3 is 14.4 Å². The normalized spacial score (nSPS) is 23.8. The molecule has 2 atom stereocenters.